The number of esters is 2. The summed E-state index contributed by atoms with van der Waals surface area (Å²) in [6.45, 7) is 7.86. The molecular weight excluding hydrogens is 232 g/mol. The molecule has 0 heterocycles. The molecule has 98 valence electrons. The van der Waals surface area contributed by atoms with Gasteiger partial charge in [-0.3, -0.25) is 0 Å². The molecule has 4 nitrogen and oxygen atoms in total. The van der Waals surface area contributed by atoms with Gasteiger partial charge in [0.05, 0.1) is 13.2 Å². The Labute approximate surface area is 107 Å². The maximum Gasteiger partial charge on any atom is 0.334 e. The number of hydrogen-bond acceptors (Lipinski definition) is 4. The number of ether oxygens (including phenoxy) is 2. The van der Waals surface area contributed by atoms with Crippen molar-refractivity contribution in [2.45, 2.75) is 20.3 Å². The van der Waals surface area contributed by atoms with Crippen LogP contribution in [0.2, 0.25) is 0 Å². The summed E-state index contributed by atoms with van der Waals surface area (Å²) in [7, 11) is 0. The van der Waals surface area contributed by atoms with Crippen LogP contribution in [0.5, 0.6) is 0 Å². The van der Waals surface area contributed by atoms with Crippen LogP contribution in [0.4, 0.5) is 0 Å². The minimum absolute atomic E-state index is 0.201. The first-order chi connectivity index (χ1) is 8.63. The van der Waals surface area contributed by atoms with Gasteiger partial charge in [-0.1, -0.05) is 18.2 Å². The summed E-state index contributed by atoms with van der Waals surface area (Å²) in [5, 5.41) is 0. The molecule has 0 saturated carbocycles. The Balaban J connectivity index is 2.88. The summed E-state index contributed by atoms with van der Waals surface area (Å²) in [4.78, 5) is 23.3. The van der Waals surface area contributed by atoms with Crippen LogP contribution in [0.15, 0.2) is 36.0 Å². The summed E-state index contributed by atoms with van der Waals surface area (Å²) >= 11 is 0. The van der Waals surface area contributed by atoms with E-state index in [1.54, 1.807) is 32.1 Å². The molecule has 1 rings (SSSR count). The van der Waals surface area contributed by atoms with Crippen LogP contribution in [0.3, 0.4) is 0 Å². The van der Waals surface area contributed by atoms with E-state index in [1.165, 1.54) is 0 Å². The highest BCUT2D eigenvalue weighted by atomic mass is 16.5. The molecule has 0 N–H and O–H groups in total. The van der Waals surface area contributed by atoms with Gasteiger partial charge >= 0.3 is 11.9 Å². The lowest BCUT2D eigenvalue weighted by atomic mass is 9.87. The van der Waals surface area contributed by atoms with E-state index in [-0.39, 0.29) is 17.9 Å². The van der Waals surface area contributed by atoms with Crippen molar-refractivity contribution < 1.29 is 19.1 Å². The van der Waals surface area contributed by atoms with E-state index in [2.05, 4.69) is 6.58 Å². The molecule has 0 aromatic carbocycles. The van der Waals surface area contributed by atoms with Crippen LogP contribution in [0.1, 0.15) is 20.3 Å². The van der Waals surface area contributed by atoms with Gasteiger partial charge in [-0.25, -0.2) is 9.59 Å². The molecule has 0 bridgehead atoms. The SMILES string of the molecule is C=CC1CC(C(=O)OCC)=CC=C1C(=O)OCC. The van der Waals surface area contributed by atoms with Crippen molar-refractivity contribution in [2.24, 2.45) is 5.92 Å². The van der Waals surface area contributed by atoms with Crippen LogP contribution in [-0.2, 0) is 19.1 Å². The van der Waals surface area contributed by atoms with Crippen LogP contribution in [0, 0.1) is 5.92 Å². The molecule has 1 aliphatic rings. The molecule has 1 aliphatic carbocycles. The van der Waals surface area contributed by atoms with Crippen molar-refractivity contribution in [1.82, 2.24) is 0 Å². The summed E-state index contributed by atoms with van der Waals surface area (Å²) < 4.78 is 9.89. The predicted molar refractivity (Wildman–Crippen MR) is 67.7 cm³/mol. The molecule has 18 heavy (non-hydrogen) atoms. The standard InChI is InChI=1S/C14H18O4/c1-4-10-9-11(13(15)17-5-2)7-8-12(10)14(16)18-6-3/h4,7-8,10H,1,5-6,9H2,2-3H3. The molecule has 0 aromatic rings. The van der Waals surface area contributed by atoms with E-state index in [0.717, 1.165) is 0 Å². The zero-order valence-corrected chi connectivity index (χ0v) is 10.8. The number of allylic oxidation sites excluding steroid dienone is 3. The van der Waals surface area contributed by atoms with Crippen LogP contribution in [0.25, 0.3) is 0 Å². The lowest BCUT2D eigenvalue weighted by molar-refractivity contribution is -0.140. The van der Waals surface area contributed by atoms with Gasteiger partial charge in [-0.15, -0.1) is 6.58 Å². The first kappa shape index (κ1) is 14.2. The Morgan fingerprint density at radius 3 is 2.44 bits per heavy atom. The second-order valence-corrected chi connectivity index (χ2v) is 3.80. The molecule has 0 spiro atoms. The molecule has 4 heteroatoms. The van der Waals surface area contributed by atoms with E-state index in [1.807, 2.05) is 0 Å². The fourth-order valence-corrected chi connectivity index (χ4v) is 1.75. The third-order valence-electron chi connectivity index (χ3n) is 2.64. The van der Waals surface area contributed by atoms with Gasteiger partial charge in [0.2, 0.25) is 0 Å². The first-order valence-corrected chi connectivity index (χ1v) is 6.01. The molecule has 1 atom stereocenters. The van der Waals surface area contributed by atoms with Gasteiger partial charge < -0.3 is 9.47 Å². The summed E-state index contributed by atoms with van der Waals surface area (Å²) in [6, 6.07) is 0. The zero-order valence-electron chi connectivity index (χ0n) is 10.8. The largest absolute Gasteiger partial charge is 0.463 e. The highest BCUT2D eigenvalue weighted by Crippen LogP contribution is 2.27. The quantitative estimate of drug-likeness (QED) is 0.554. The smallest absolute Gasteiger partial charge is 0.334 e. The van der Waals surface area contributed by atoms with Crippen molar-refractivity contribution in [3.05, 3.63) is 36.0 Å². The van der Waals surface area contributed by atoms with Gasteiger partial charge in [0.25, 0.3) is 0 Å². The highest BCUT2D eigenvalue weighted by Gasteiger charge is 2.26. The third-order valence-corrected chi connectivity index (χ3v) is 2.64. The summed E-state index contributed by atoms with van der Waals surface area (Å²) in [5.74, 6) is -0.904. The normalized spacial score (nSPS) is 18.4. The maximum absolute atomic E-state index is 11.7. The molecule has 0 fully saturated rings. The number of rotatable bonds is 5. The van der Waals surface area contributed by atoms with Crippen LogP contribution < -0.4 is 0 Å². The molecule has 0 amide bonds. The maximum atomic E-state index is 11.7. The first-order valence-electron chi connectivity index (χ1n) is 6.01. The van der Waals surface area contributed by atoms with Crippen LogP contribution >= 0.6 is 0 Å². The Morgan fingerprint density at radius 1 is 1.28 bits per heavy atom. The average Bonchev–Trinajstić information content (AvgIpc) is 2.38. The van der Waals surface area contributed by atoms with Gasteiger partial charge in [-0.05, 0) is 20.3 Å². The second kappa shape index (κ2) is 6.79. The Kier molecular flexibility index (Phi) is 5.36. The molecule has 0 aromatic heterocycles. The van der Waals surface area contributed by atoms with Gasteiger partial charge in [0.1, 0.15) is 0 Å². The topological polar surface area (TPSA) is 52.6 Å². The molecular formula is C14H18O4. The number of hydrogen-bond donors (Lipinski definition) is 0. The van der Waals surface area contributed by atoms with Crippen molar-refractivity contribution in [2.75, 3.05) is 13.2 Å². The minimum atomic E-state index is -0.360. The monoisotopic (exact) mass is 250 g/mol. The zero-order chi connectivity index (χ0) is 13.5. The lowest BCUT2D eigenvalue weighted by Gasteiger charge is -2.20. The van der Waals surface area contributed by atoms with Crippen molar-refractivity contribution in [3.63, 3.8) is 0 Å². The Bertz CT molecular complexity index is 404. The van der Waals surface area contributed by atoms with Crippen molar-refractivity contribution in [1.29, 1.82) is 0 Å². The lowest BCUT2D eigenvalue weighted by Crippen LogP contribution is -2.20. The highest BCUT2D eigenvalue weighted by molar-refractivity contribution is 5.94. The van der Waals surface area contributed by atoms with Crippen LogP contribution in [-0.4, -0.2) is 25.2 Å². The predicted octanol–water partition coefficient (Wildman–Crippen LogP) is 2.17. The molecule has 1 unspecified atom stereocenters. The van der Waals surface area contributed by atoms with E-state index >= 15 is 0 Å². The fourth-order valence-electron chi connectivity index (χ4n) is 1.75. The Hall–Kier alpha value is -1.84. The number of carbonyl (C=O) groups is 2. The van der Waals surface area contributed by atoms with Crippen molar-refractivity contribution >= 4 is 11.9 Å². The van der Waals surface area contributed by atoms with Gasteiger partial charge in [0, 0.05) is 17.1 Å². The van der Waals surface area contributed by atoms with Gasteiger partial charge in [-0.2, -0.15) is 0 Å². The van der Waals surface area contributed by atoms with E-state index in [4.69, 9.17) is 9.47 Å². The van der Waals surface area contributed by atoms with Crippen molar-refractivity contribution in [3.8, 4) is 0 Å². The summed E-state index contributed by atoms with van der Waals surface area (Å²) in [5.41, 5.74) is 1.08. The third kappa shape index (κ3) is 3.32. The van der Waals surface area contributed by atoms with E-state index in [0.29, 0.717) is 30.8 Å². The molecule has 0 aliphatic heterocycles. The molecule has 0 radical (unpaired) electrons. The van der Waals surface area contributed by atoms with E-state index < -0.39 is 0 Å². The number of carbonyl (C=O) groups excluding carboxylic acids is 2. The fraction of sp³-hybridized carbons (Fsp3) is 0.429. The minimum Gasteiger partial charge on any atom is -0.463 e. The van der Waals surface area contributed by atoms with Gasteiger partial charge in [0.15, 0.2) is 0 Å². The van der Waals surface area contributed by atoms with E-state index in [9.17, 15) is 9.59 Å². The Morgan fingerprint density at radius 2 is 1.89 bits per heavy atom. The second-order valence-electron chi connectivity index (χ2n) is 3.80. The summed E-state index contributed by atoms with van der Waals surface area (Å²) in [6.07, 6.45) is 5.30. The average molecular weight is 250 g/mol. The molecule has 0 saturated heterocycles.